The number of amides is 1. The molecule has 0 aliphatic carbocycles. The number of aromatic amines is 1. The SMILES string of the molecule is Cc1[nH]nc(C(=O)N2C[C@@H](O)[C@@H](O)C2)c1N. The van der Waals surface area contributed by atoms with Gasteiger partial charge in [0.05, 0.1) is 23.6 Å². The van der Waals surface area contributed by atoms with E-state index in [1.807, 2.05) is 0 Å². The second-order valence-electron chi connectivity index (χ2n) is 3.96. The first kappa shape index (κ1) is 10.9. The fourth-order valence-electron chi connectivity index (χ4n) is 1.69. The summed E-state index contributed by atoms with van der Waals surface area (Å²) in [5, 5.41) is 25.1. The van der Waals surface area contributed by atoms with Crippen molar-refractivity contribution in [1.82, 2.24) is 15.1 Å². The Kier molecular flexibility index (Phi) is 2.56. The molecular weight excluding hydrogens is 212 g/mol. The van der Waals surface area contributed by atoms with Crippen LogP contribution in [0.25, 0.3) is 0 Å². The lowest BCUT2D eigenvalue weighted by atomic mass is 10.3. The Bertz CT molecular complexity index is 407. The van der Waals surface area contributed by atoms with Crippen molar-refractivity contribution in [2.45, 2.75) is 19.1 Å². The largest absolute Gasteiger partial charge is 0.395 e. The van der Waals surface area contributed by atoms with Crippen LogP contribution in [0.4, 0.5) is 5.69 Å². The molecular formula is C9H14N4O3. The second-order valence-corrected chi connectivity index (χ2v) is 3.96. The average Bonchev–Trinajstić information content (AvgIpc) is 2.73. The van der Waals surface area contributed by atoms with Crippen LogP contribution in [-0.4, -0.2) is 56.5 Å². The van der Waals surface area contributed by atoms with Crippen LogP contribution in [-0.2, 0) is 0 Å². The number of H-pyrrole nitrogens is 1. The summed E-state index contributed by atoms with van der Waals surface area (Å²) in [6, 6.07) is 0. The minimum absolute atomic E-state index is 0.103. The highest BCUT2D eigenvalue weighted by Gasteiger charge is 2.34. The van der Waals surface area contributed by atoms with Crippen LogP contribution >= 0.6 is 0 Å². The molecule has 7 heteroatoms. The summed E-state index contributed by atoms with van der Waals surface area (Å²) < 4.78 is 0. The van der Waals surface area contributed by atoms with Crippen molar-refractivity contribution in [3.8, 4) is 0 Å². The highest BCUT2D eigenvalue weighted by Crippen LogP contribution is 2.18. The van der Waals surface area contributed by atoms with Crippen LogP contribution in [0.15, 0.2) is 0 Å². The third-order valence-corrected chi connectivity index (χ3v) is 2.74. The highest BCUT2D eigenvalue weighted by molar-refractivity contribution is 5.97. The van der Waals surface area contributed by atoms with Crippen molar-refractivity contribution < 1.29 is 15.0 Å². The third-order valence-electron chi connectivity index (χ3n) is 2.74. The number of rotatable bonds is 1. The molecule has 0 bridgehead atoms. The van der Waals surface area contributed by atoms with Crippen LogP contribution in [0.3, 0.4) is 0 Å². The van der Waals surface area contributed by atoms with E-state index in [0.717, 1.165) is 0 Å². The molecule has 0 saturated carbocycles. The predicted molar refractivity (Wildman–Crippen MR) is 55.7 cm³/mol. The van der Waals surface area contributed by atoms with E-state index in [9.17, 15) is 15.0 Å². The molecule has 0 aromatic carbocycles. The van der Waals surface area contributed by atoms with Gasteiger partial charge in [0.2, 0.25) is 0 Å². The summed E-state index contributed by atoms with van der Waals surface area (Å²) >= 11 is 0. The lowest BCUT2D eigenvalue weighted by Gasteiger charge is -2.13. The molecule has 1 aromatic rings. The first-order chi connectivity index (χ1) is 7.50. The molecule has 0 unspecified atom stereocenters. The zero-order valence-electron chi connectivity index (χ0n) is 8.84. The standard InChI is InChI=1S/C9H14N4O3/c1-4-7(10)8(12-11-4)9(16)13-2-5(14)6(15)3-13/h5-6,14-15H,2-3,10H2,1H3,(H,11,12)/t5-,6+. The van der Waals surface area contributed by atoms with E-state index < -0.39 is 12.2 Å². The Hall–Kier alpha value is -1.60. The number of nitrogens with two attached hydrogens (primary N) is 1. The second kappa shape index (κ2) is 3.76. The number of anilines is 1. The first-order valence-corrected chi connectivity index (χ1v) is 4.96. The van der Waals surface area contributed by atoms with Gasteiger partial charge in [0.1, 0.15) is 0 Å². The molecule has 2 rings (SSSR count). The minimum Gasteiger partial charge on any atom is -0.395 e. The molecule has 1 saturated heterocycles. The molecule has 1 aliphatic heterocycles. The number of hydrogen-bond acceptors (Lipinski definition) is 5. The molecule has 1 aromatic heterocycles. The van der Waals surface area contributed by atoms with E-state index in [4.69, 9.17) is 5.73 Å². The summed E-state index contributed by atoms with van der Waals surface area (Å²) in [5.74, 6) is -0.377. The van der Waals surface area contributed by atoms with Gasteiger partial charge in [-0.05, 0) is 6.92 Å². The zero-order chi connectivity index (χ0) is 11.9. The van der Waals surface area contributed by atoms with Crippen molar-refractivity contribution in [3.63, 3.8) is 0 Å². The number of nitrogens with one attached hydrogen (secondary N) is 1. The Morgan fingerprint density at radius 1 is 1.50 bits per heavy atom. The first-order valence-electron chi connectivity index (χ1n) is 4.96. The van der Waals surface area contributed by atoms with Gasteiger partial charge in [-0.3, -0.25) is 9.89 Å². The zero-order valence-corrected chi connectivity index (χ0v) is 8.84. The maximum Gasteiger partial charge on any atom is 0.276 e. The quantitative estimate of drug-likeness (QED) is 0.464. The van der Waals surface area contributed by atoms with E-state index in [-0.39, 0.29) is 24.7 Å². The summed E-state index contributed by atoms with van der Waals surface area (Å²) in [5.41, 5.74) is 6.75. The molecule has 7 nitrogen and oxygen atoms in total. The van der Waals surface area contributed by atoms with Crippen molar-refractivity contribution in [3.05, 3.63) is 11.4 Å². The van der Waals surface area contributed by atoms with E-state index in [1.54, 1.807) is 6.92 Å². The van der Waals surface area contributed by atoms with Gasteiger partial charge in [-0.2, -0.15) is 5.10 Å². The Morgan fingerprint density at radius 3 is 2.50 bits per heavy atom. The fourth-order valence-corrected chi connectivity index (χ4v) is 1.69. The third kappa shape index (κ3) is 1.63. The fraction of sp³-hybridized carbons (Fsp3) is 0.556. The van der Waals surface area contributed by atoms with Gasteiger partial charge < -0.3 is 20.8 Å². The van der Waals surface area contributed by atoms with Gasteiger partial charge >= 0.3 is 0 Å². The topological polar surface area (TPSA) is 115 Å². The smallest absolute Gasteiger partial charge is 0.276 e. The van der Waals surface area contributed by atoms with Crippen molar-refractivity contribution in [2.75, 3.05) is 18.8 Å². The molecule has 2 atom stereocenters. The van der Waals surface area contributed by atoms with Gasteiger partial charge in [0.15, 0.2) is 5.69 Å². The molecule has 1 fully saturated rings. The Labute approximate surface area is 91.9 Å². The molecule has 16 heavy (non-hydrogen) atoms. The van der Waals surface area contributed by atoms with Gasteiger partial charge in [0, 0.05) is 13.1 Å². The number of aliphatic hydroxyl groups is 2. The number of aromatic nitrogens is 2. The molecule has 1 amide bonds. The number of likely N-dealkylation sites (tertiary alicyclic amines) is 1. The van der Waals surface area contributed by atoms with Gasteiger partial charge in [0.25, 0.3) is 5.91 Å². The normalized spacial score (nSPS) is 25.1. The Balaban J connectivity index is 2.18. The van der Waals surface area contributed by atoms with Crippen LogP contribution in [0, 0.1) is 6.92 Å². The maximum atomic E-state index is 11.9. The lowest BCUT2D eigenvalue weighted by Crippen LogP contribution is -2.30. The number of carbonyl (C=O) groups excluding carboxylic acids is 1. The van der Waals surface area contributed by atoms with Gasteiger partial charge in [-0.15, -0.1) is 0 Å². The van der Waals surface area contributed by atoms with E-state index in [2.05, 4.69) is 10.2 Å². The minimum atomic E-state index is -0.898. The summed E-state index contributed by atoms with van der Waals surface area (Å²) in [6.45, 7) is 1.92. The number of nitrogen functional groups attached to an aromatic ring is 1. The molecule has 0 spiro atoms. The van der Waals surface area contributed by atoms with Crippen LogP contribution in [0.5, 0.6) is 0 Å². The van der Waals surface area contributed by atoms with Gasteiger partial charge in [-0.25, -0.2) is 0 Å². The van der Waals surface area contributed by atoms with Crippen LogP contribution < -0.4 is 5.73 Å². The monoisotopic (exact) mass is 226 g/mol. The summed E-state index contributed by atoms with van der Waals surface area (Å²) in [6.07, 6.45) is -1.80. The molecule has 5 N–H and O–H groups in total. The summed E-state index contributed by atoms with van der Waals surface area (Å²) in [7, 11) is 0. The highest BCUT2D eigenvalue weighted by atomic mass is 16.3. The number of aliphatic hydroxyl groups excluding tert-OH is 2. The van der Waals surface area contributed by atoms with Crippen LogP contribution in [0.1, 0.15) is 16.2 Å². The molecule has 88 valence electrons. The van der Waals surface area contributed by atoms with Crippen molar-refractivity contribution in [1.29, 1.82) is 0 Å². The van der Waals surface area contributed by atoms with Gasteiger partial charge in [-0.1, -0.05) is 0 Å². The van der Waals surface area contributed by atoms with Crippen molar-refractivity contribution >= 4 is 11.6 Å². The number of aryl methyl sites for hydroxylation is 1. The van der Waals surface area contributed by atoms with E-state index in [1.165, 1.54) is 4.90 Å². The number of nitrogens with zero attached hydrogens (tertiary/aromatic N) is 2. The molecule has 0 radical (unpaired) electrons. The molecule has 2 heterocycles. The number of hydrogen-bond donors (Lipinski definition) is 4. The van der Waals surface area contributed by atoms with E-state index in [0.29, 0.717) is 11.4 Å². The predicted octanol–water partition coefficient (Wildman–Crippen LogP) is -1.52. The Morgan fingerprint density at radius 2 is 2.06 bits per heavy atom. The number of β-amino-alcohol motifs (C(OH)–C–C–N with tert-alkyl or cyclic N) is 2. The lowest BCUT2D eigenvalue weighted by molar-refractivity contribution is 0.0572. The summed E-state index contributed by atoms with van der Waals surface area (Å²) in [4.78, 5) is 13.2. The van der Waals surface area contributed by atoms with E-state index >= 15 is 0 Å². The number of carbonyl (C=O) groups is 1. The van der Waals surface area contributed by atoms with Crippen LogP contribution in [0.2, 0.25) is 0 Å². The average molecular weight is 226 g/mol. The maximum absolute atomic E-state index is 11.9. The van der Waals surface area contributed by atoms with Crippen molar-refractivity contribution in [2.24, 2.45) is 0 Å². The molecule has 1 aliphatic rings.